The largest absolute Gasteiger partial charge is 0.494 e. The molecule has 2 heterocycles. The summed E-state index contributed by atoms with van der Waals surface area (Å²) in [5.41, 5.74) is 1.39. The molecule has 4 rings (SSSR count). The quantitative estimate of drug-likeness (QED) is 0.446. The lowest BCUT2D eigenvalue weighted by Crippen LogP contribution is -2.49. The number of alkyl halides is 5. The number of likely N-dealkylation sites (tertiary alicyclic amines) is 1. The van der Waals surface area contributed by atoms with Gasteiger partial charge in [0.15, 0.2) is 11.9 Å². The van der Waals surface area contributed by atoms with Crippen LogP contribution < -0.4 is 9.47 Å². The van der Waals surface area contributed by atoms with E-state index in [-0.39, 0.29) is 60.4 Å². The van der Waals surface area contributed by atoms with Crippen LogP contribution in [0.5, 0.6) is 11.5 Å². The fraction of sp³-hybridized carbons (Fsp3) is 0.500. The highest BCUT2D eigenvalue weighted by Gasteiger charge is 2.41. The molecule has 0 radical (unpaired) electrons. The third-order valence-corrected chi connectivity index (χ3v) is 7.01. The molecule has 1 aliphatic heterocycles. The highest BCUT2D eigenvalue weighted by Crippen LogP contribution is 2.41. The second-order valence-corrected chi connectivity index (χ2v) is 9.49. The molecule has 1 aromatic carbocycles. The molecule has 37 heavy (non-hydrogen) atoms. The van der Waals surface area contributed by atoms with E-state index >= 15 is 0 Å². The van der Waals surface area contributed by atoms with E-state index in [1.54, 1.807) is 6.20 Å². The molecule has 1 aromatic heterocycles. The van der Waals surface area contributed by atoms with Crippen molar-refractivity contribution in [3.05, 3.63) is 52.8 Å². The third-order valence-electron chi connectivity index (χ3n) is 7.01. The maximum Gasteiger partial charge on any atom is 0.425 e. The average Bonchev–Trinajstić information content (AvgIpc) is 2.82. The number of amides is 1. The van der Waals surface area contributed by atoms with Crippen LogP contribution in [0.3, 0.4) is 0 Å². The second-order valence-electron chi connectivity index (χ2n) is 9.49. The summed E-state index contributed by atoms with van der Waals surface area (Å²) in [4.78, 5) is 19.2. The topological polar surface area (TPSA) is 75.5 Å². The van der Waals surface area contributed by atoms with Crippen LogP contribution in [0, 0.1) is 11.3 Å². The number of carbonyl (C=O) groups is 1. The first-order chi connectivity index (χ1) is 17.4. The Morgan fingerprint density at radius 1 is 1.16 bits per heavy atom. The maximum absolute atomic E-state index is 13.4. The van der Waals surface area contributed by atoms with E-state index in [0.29, 0.717) is 12.8 Å². The van der Waals surface area contributed by atoms with Crippen molar-refractivity contribution in [1.82, 2.24) is 9.88 Å². The first kappa shape index (κ1) is 26.6. The standard InChI is InChI=1S/C26H26F5N3O3/c1-15(26(29,30)31)37-21-6-4-17(11-32)23(36-2)22(21)24(35)34-13-19(14-34)20-5-3-18(12-33-20)16-7-9-25(27,28)10-8-16/h3-6,12,15-16,19H,7-10,13-14H2,1-2H3/t15-/m1/s1. The van der Waals surface area contributed by atoms with Crippen molar-refractivity contribution < 1.29 is 36.2 Å². The van der Waals surface area contributed by atoms with E-state index in [2.05, 4.69) is 4.98 Å². The van der Waals surface area contributed by atoms with Crippen LogP contribution >= 0.6 is 0 Å². The van der Waals surface area contributed by atoms with Crippen LogP contribution in [0.4, 0.5) is 22.0 Å². The van der Waals surface area contributed by atoms with Gasteiger partial charge in [0.2, 0.25) is 5.92 Å². The molecule has 0 bridgehead atoms. The number of aromatic nitrogens is 1. The summed E-state index contributed by atoms with van der Waals surface area (Å²) in [6.45, 7) is 1.34. The number of hydrogen-bond acceptors (Lipinski definition) is 5. The van der Waals surface area contributed by atoms with Crippen molar-refractivity contribution in [3.8, 4) is 17.6 Å². The van der Waals surface area contributed by atoms with Gasteiger partial charge in [-0.1, -0.05) is 6.07 Å². The lowest BCUT2D eigenvalue weighted by Gasteiger charge is -2.39. The molecule has 6 nitrogen and oxygen atoms in total. The van der Waals surface area contributed by atoms with Gasteiger partial charge in [-0.2, -0.15) is 18.4 Å². The highest BCUT2D eigenvalue weighted by molar-refractivity contribution is 6.01. The zero-order valence-corrected chi connectivity index (χ0v) is 20.3. The molecule has 198 valence electrons. The summed E-state index contributed by atoms with van der Waals surface area (Å²) >= 11 is 0. The fourth-order valence-electron chi connectivity index (χ4n) is 4.69. The molecule has 1 saturated heterocycles. The number of ether oxygens (including phenoxy) is 2. The lowest BCUT2D eigenvalue weighted by molar-refractivity contribution is -0.189. The Morgan fingerprint density at radius 2 is 1.84 bits per heavy atom. The minimum absolute atomic E-state index is 0.00679. The van der Waals surface area contributed by atoms with Gasteiger partial charge in [0, 0.05) is 43.7 Å². The molecule has 1 aliphatic carbocycles. The Morgan fingerprint density at radius 3 is 2.38 bits per heavy atom. The van der Waals surface area contributed by atoms with Crippen molar-refractivity contribution in [2.24, 2.45) is 0 Å². The summed E-state index contributed by atoms with van der Waals surface area (Å²) in [7, 11) is 1.22. The van der Waals surface area contributed by atoms with Crippen LogP contribution in [0.1, 0.15) is 71.6 Å². The van der Waals surface area contributed by atoms with Crippen molar-refractivity contribution in [1.29, 1.82) is 5.26 Å². The molecule has 0 N–H and O–H groups in total. The van der Waals surface area contributed by atoms with E-state index in [0.717, 1.165) is 24.2 Å². The fourth-order valence-corrected chi connectivity index (χ4v) is 4.69. The SMILES string of the molecule is COc1c(C#N)ccc(O[C@H](C)C(F)(F)F)c1C(=O)N1CC(c2ccc(C3CCC(F)(F)CC3)cn2)C1. The van der Waals surface area contributed by atoms with Gasteiger partial charge in [-0.3, -0.25) is 9.78 Å². The van der Waals surface area contributed by atoms with Gasteiger partial charge in [-0.15, -0.1) is 0 Å². The Hall–Kier alpha value is -3.42. The van der Waals surface area contributed by atoms with Crippen LogP contribution in [-0.2, 0) is 0 Å². The Balaban J connectivity index is 1.47. The highest BCUT2D eigenvalue weighted by atomic mass is 19.4. The zero-order chi connectivity index (χ0) is 27.0. The molecule has 0 unspecified atom stereocenters. The maximum atomic E-state index is 13.4. The van der Waals surface area contributed by atoms with Gasteiger partial charge < -0.3 is 14.4 Å². The summed E-state index contributed by atoms with van der Waals surface area (Å²) in [6.07, 6.45) is -4.61. The molecular weight excluding hydrogens is 497 g/mol. The van der Waals surface area contributed by atoms with Crippen LogP contribution in [0.15, 0.2) is 30.5 Å². The molecule has 2 aromatic rings. The first-order valence-electron chi connectivity index (χ1n) is 11.9. The van der Waals surface area contributed by atoms with E-state index in [9.17, 15) is 32.0 Å². The molecule has 1 saturated carbocycles. The molecular formula is C26H26F5N3O3. The predicted molar refractivity (Wildman–Crippen MR) is 123 cm³/mol. The number of nitrogens with zero attached hydrogens (tertiary/aromatic N) is 3. The molecule has 1 atom stereocenters. The van der Waals surface area contributed by atoms with E-state index in [1.165, 1.54) is 18.1 Å². The van der Waals surface area contributed by atoms with E-state index in [4.69, 9.17) is 9.47 Å². The van der Waals surface area contributed by atoms with Crippen LogP contribution in [-0.4, -0.2) is 54.2 Å². The minimum Gasteiger partial charge on any atom is -0.494 e. The number of methoxy groups -OCH3 is 1. The second kappa shape index (κ2) is 10.1. The Labute approximate surface area is 211 Å². The third kappa shape index (κ3) is 5.63. The molecule has 1 amide bonds. The van der Waals surface area contributed by atoms with E-state index < -0.39 is 24.1 Å². The van der Waals surface area contributed by atoms with Gasteiger partial charge >= 0.3 is 6.18 Å². The van der Waals surface area contributed by atoms with Crippen molar-refractivity contribution >= 4 is 5.91 Å². The predicted octanol–water partition coefficient (Wildman–Crippen LogP) is 5.82. The summed E-state index contributed by atoms with van der Waals surface area (Å²) in [6, 6.07) is 7.98. The number of benzene rings is 1. The normalized spacial score (nSPS) is 19.0. The molecule has 0 spiro atoms. The smallest absolute Gasteiger partial charge is 0.425 e. The number of pyridine rings is 1. The number of rotatable bonds is 6. The first-order valence-corrected chi connectivity index (χ1v) is 11.9. The summed E-state index contributed by atoms with van der Waals surface area (Å²) in [5, 5.41) is 9.38. The van der Waals surface area contributed by atoms with Gasteiger partial charge in [-0.25, -0.2) is 8.78 Å². The summed E-state index contributed by atoms with van der Waals surface area (Å²) < 4.78 is 76.5. The van der Waals surface area contributed by atoms with Gasteiger partial charge in [0.1, 0.15) is 17.4 Å². The van der Waals surface area contributed by atoms with Gasteiger partial charge in [-0.05, 0) is 49.4 Å². The van der Waals surface area contributed by atoms with E-state index in [1.807, 2.05) is 18.2 Å². The minimum atomic E-state index is -4.65. The lowest BCUT2D eigenvalue weighted by atomic mass is 9.82. The van der Waals surface area contributed by atoms with Crippen molar-refractivity contribution in [3.63, 3.8) is 0 Å². The van der Waals surface area contributed by atoms with Gasteiger partial charge in [0.25, 0.3) is 5.91 Å². The monoisotopic (exact) mass is 523 g/mol. The number of carbonyl (C=O) groups excluding carboxylic acids is 1. The van der Waals surface area contributed by atoms with Crippen LogP contribution in [0.25, 0.3) is 0 Å². The molecule has 2 fully saturated rings. The van der Waals surface area contributed by atoms with Gasteiger partial charge in [0.05, 0.1) is 12.7 Å². The Bertz CT molecular complexity index is 1180. The average molecular weight is 524 g/mol. The zero-order valence-electron chi connectivity index (χ0n) is 20.3. The van der Waals surface area contributed by atoms with Crippen LogP contribution in [0.2, 0.25) is 0 Å². The number of halogens is 5. The Kier molecular flexibility index (Phi) is 7.31. The number of nitriles is 1. The summed E-state index contributed by atoms with van der Waals surface area (Å²) in [5.74, 6) is -3.75. The molecule has 2 aliphatic rings. The van der Waals surface area contributed by atoms with Crippen molar-refractivity contribution in [2.45, 2.75) is 62.6 Å². The number of hydrogen-bond donors (Lipinski definition) is 0. The molecule has 11 heteroatoms. The van der Waals surface area contributed by atoms with Crippen molar-refractivity contribution in [2.75, 3.05) is 20.2 Å².